The fourth-order valence-corrected chi connectivity index (χ4v) is 1.94. The third-order valence-electron chi connectivity index (χ3n) is 3.14. The van der Waals surface area contributed by atoms with Gasteiger partial charge in [0.1, 0.15) is 11.6 Å². The summed E-state index contributed by atoms with van der Waals surface area (Å²) in [6, 6.07) is 3.88. The molecule has 2 rings (SSSR count). The van der Waals surface area contributed by atoms with Crippen LogP contribution in [0.1, 0.15) is 22.9 Å². The maximum absolute atomic E-state index is 13.3. The minimum atomic E-state index is -0.454. The predicted octanol–water partition coefficient (Wildman–Crippen LogP) is 1.92. The van der Waals surface area contributed by atoms with Crippen molar-refractivity contribution in [1.29, 1.82) is 0 Å². The van der Waals surface area contributed by atoms with Crippen LogP contribution >= 0.6 is 0 Å². The summed E-state index contributed by atoms with van der Waals surface area (Å²) in [5.41, 5.74) is 8.61. The molecule has 1 aromatic carbocycles. The highest BCUT2D eigenvalue weighted by molar-refractivity contribution is 5.42. The van der Waals surface area contributed by atoms with Crippen molar-refractivity contribution in [2.75, 3.05) is 7.11 Å². The van der Waals surface area contributed by atoms with Crippen molar-refractivity contribution in [3.63, 3.8) is 0 Å². The second kappa shape index (κ2) is 4.78. The summed E-state index contributed by atoms with van der Waals surface area (Å²) in [5.74, 6) is 0.245. The molecule has 0 radical (unpaired) electrons. The van der Waals surface area contributed by atoms with Crippen LogP contribution in [0.5, 0.6) is 5.75 Å². The number of aromatic nitrogens is 2. The van der Waals surface area contributed by atoms with Gasteiger partial charge in [-0.25, -0.2) is 4.39 Å². The van der Waals surface area contributed by atoms with Crippen LogP contribution in [-0.2, 0) is 7.05 Å². The first kappa shape index (κ1) is 12.6. The van der Waals surface area contributed by atoms with E-state index in [0.717, 1.165) is 11.3 Å². The molecule has 0 saturated heterocycles. The van der Waals surface area contributed by atoms with Crippen molar-refractivity contribution in [1.82, 2.24) is 9.78 Å². The Morgan fingerprint density at radius 2 is 2.11 bits per heavy atom. The van der Waals surface area contributed by atoms with Gasteiger partial charge in [-0.15, -0.1) is 0 Å². The van der Waals surface area contributed by atoms with Crippen LogP contribution < -0.4 is 10.5 Å². The summed E-state index contributed by atoms with van der Waals surface area (Å²) in [6.07, 6.45) is 1.70. The number of aryl methyl sites for hydroxylation is 1. The summed E-state index contributed by atoms with van der Waals surface area (Å²) in [6.45, 7) is 1.92. The van der Waals surface area contributed by atoms with Gasteiger partial charge in [-0.05, 0) is 25.1 Å². The molecule has 96 valence electrons. The molecule has 0 aliphatic rings. The van der Waals surface area contributed by atoms with Gasteiger partial charge in [0, 0.05) is 23.9 Å². The largest absolute Gasteiger partial charge is 0.496 e. The van der Waals surface area contributed by atoms with Crippen LogP contribution in [0.15, 0.2) is 24.4 Å². The van der Waals surface area contributed by atoms with Gasteiger partial charge in [-0.1, -0.05) is 0 Å². The number of rotatable bonds is 3. The van der Waals surface area contributed by atoms with Gasteiger partial charge >= 0.3 is 0 Å². The Balaban J connectivity index is 2.48. The summed E-state index contributed by atoms with van der Waals surface area (Å²) >= 11 is 0. The third-order valence-corrected chi connectivity index (χ3v) is 3.14. The van der Waals surface area contributed by atoms with Crippen molar-refractivity contribution in [2.45, 2.75) is 13.0 Å². The minimum Gasteiger partial charge on any atom is -0.496 e. The molecular weight excluding hydrogens is 233 g/mol. The van der Waals surface area contributed by atoms with E-state index in [9.17, 15) is 4.39 Å². The average Bonchev–Trinajstić information content (AvgIpc) is 2.69. The van der Waals surface area contributed by atoms with Crippen molar-refractivity contribution in [2.24, 2.45) is 12.8 Å². The van der Waals surface area contributed by atoms with Crippen LogP contribution in [0.2, 0.25) is 0 Å². The van der Waals surface area contributed by atoms with E-state index in [1.165, 1.54) is 12.1 Å². The maximum atomic E-state index is 13.3. The molecule has 0 bridgehead atoms. The smallest absolute Gasteiger partial charge is 0.124 e. The monoisotopic (exact) mass is 249 g/mol. The van der Waals surface area contributed by atoms with Crippen LogP contribution in [-0.4, -0.2) is 16.9 Å². The summed E-state index contributed by atoms with van der Waals surface area (Å²) < 4.78 is 20.3. The van der Waals surface area contributed by atoms with E-state index in [-0.39, 0.29) is 5.82 Å². The van der Waals surface area contributed by atoms with Gasteiger partial charge in [0.25, 0.3) is 0 Å². The van der Waals surface area contributed by atoms with Gasteiger partial charge in [0.2, 0.25) is 0 Å². The Bertz CT molecular complexity index is 565. The topological polar surface area (TPSA) is 53.1 Å². The van der Waals surface area contributed by atoms with Crippen LogP contribution in [0.4, 0.5) is 4.39 Å². The predicted molar refractivity (Wildman–Crippen MR) is 66.9 cm³/mol. The lowest BCUT2D eigenvalue weighted by molar-refractivity contribution is 0.406. The number of methoxy groups -OCH3 is 1. The van der Waals surface area contributed by atoms with E-state index < -0.39 is 6.04 Å². The molecule has 2 N–H and O–H groups in total. The van der Waals surface area contributed by atoms with Gasteiger partial charge in [-0.3, -0.25) is 4.68 Å². The number of ether oxygens (including phenoxy) is 1. The number of nitrogens with two attached hydrogens (primary N) is 1. The molecule has 1 aromatic heterocycles. The highest BCUT2D eigenvalue weighted by Crippen LogP contribution is 2.30. The zero-order valence-electron chi connectivity index (χ0n) is 10.6. The molecule has 1 heterocycles. The van der Waals surface area contributed by atoms with E-state index in [4.69, 9.17) is 10.5 Å². The Morgan fingerprint density at radius 3 is 2.67 bits per heavy atom. The molecule has 0 aliphatic carbocycles. The maximum Gasteiger partial charge on any atom is 0.124 e. The number of benzene rings is 1. The molecule has 1 unspecified atom stereocenters. The fraction of sp³-hybridized carbons (Fsp3) is 0.308. The zero-order chi connectivity index (χ0) is 13.3. The van der Waals surface area contributed by atoms with E-state index >= 15 is 0 Å². The lowest BCUT2D eigenvalue weighted by Gasteiger charge is -2.15. The Hall–Kier alpha value is -1.88. The highest BCUT2D eigenvalue weighted by atomic mass is 19.1. The highest BCUT2D eigenvalue weighted by Gasteiger charge is 2.18. The van der Waals surface area contributed by atoms with Crippen molar-refractivity contribution in [3.8, 4) is 5.75 Å². The first-order valence-electron chi connectivity index (χ1n) is 5.62. The average molecular weight is 249 g/mol. The first-order valence-corrected chi connectivity index (χ1v) is 5.62. The third kappa shape index (κ3) is 2.09. The molecule has 0 saturated carbocycles. The van der Waals surface area contributed by atoms with Gasteiger partial charge in [0.05, 0.1) is 19.3 Å². The van der Waals surface area contributed by atoms with Crippen LogP contribution in [0.3, 0.4) is 0 Å². The number of hydrogen-bond acceptors (Lipinski definition) is 3. The van der Waals surface area contributed by atoms with Crippen molar-refractivity contribution >= 4 is 0 Å². The number of nitrogens with zero attached hydrogens (tertiary/aromatic N) is 2. The summed E-state index contributed by atoms with van der Waals surface area (Å²) in [7, 11) is 3.38. The Labute approximate surface area is 105 Å². The molecule has 2 aromatic rings. The summed E-state index contributed by atoms with van der Waals surface area (Å²) in [5, 5.41) is 4.14. The quantitative estimate of drug-likeness (QED) is 0.904. The molecule has 4 nitrogen and oxygen atoms in total. The van der Waals surface area contributed by atoms with Gasteiger partial charge < -0.3 is 10.5 Å². The first-order chi connectivity index (χ1) is 8.54. The Kier molecular flexibility index (Phi) is 3.34. The van der Waals surface area contributed by atoms with Crippen molar-refractivity contribution < 1.29 is 9.13 Å². The van der Waals surface area contributed by atoms with Gasteiger partial charge in [-0.2, -0.15) is 5.10 Å². The molecule has 0 amide bonds. The molecule has 18 heavy (non-hydrogen) atoms. The second-order valence-electron chi connectivity index (χ2n) is 4.17. The molecule has 0 spiro atoms. The van der Waals surface area contributed by atoms with E-state index in [1.807, 2.05) is 14.0 Å². The molecule has 5 heteroatoms. The normalized spacial score (nSPS) is 12.5. The Morgan fingerprint density at radius 1 is 1.39 bits per heavy atom. The summed E-state index contributed by atoms with van der Waals surface area (Å²) in [4.78, 5) is 0. The zero-order valence-corrected chi connectivity index (χ0v) is 10.6. The second-order valence-corrected chi connectivity index (χ2v) is 4.17. The van der Waals surface area contributed by atoms with E-state index in [1.54, 1.807) is 24.1 Å². The van der Waals surface area contributed by atoms with Gasteiger partial charge in [0.15, 0.2) is 0 Å². The minimum absolute atomic E-state index is 0.331. The van der Waals surface area contributed by atoms with E-state index in [0.29, 0.717) is 11.3 Å². The number of hydrogen-bond donors (Lipinski definition) is 1. The standard InChI is InChI=1S/C13H16FN3O/c1-8-11(7-16-17(8)2)13(15)10-6-9(14)4-5-12(10)18-3/h4-7,13H,15H2,1-3H3. The van der Waals surface area contributed by atoms with Crippen LogP contribution in [0, 0.1) is 12.7 Å². The van der Waals surface area contributed by atoms with Crippen molar-refractivity contribution in [3.05, 3.63) is 47.0 Å². The number of halogens is 1. The molecule has 0 aliphatic heterocycles. The molecule has 0 fully saturated rings. The lowest BCUT2D eigenvalue weighted by Crippen LogP contribution is -2.14. The SMILES string of the molecule is COc1ccc(F)cc1C(N)c1cnn(C)c1C. The fourth-order valence-electron chi connectivity index (χ4n) is 1.94. The molecular formula is C13H16FN3O. The van der Waals surface area contributed by atoms with Crippen LogP contribution in [0.25, 0.3) is 0 Å². The van der Waals surface area contributed by atoms with E-state index in [2.05, 4.69) is 5.10 Å². The molecule has 1 atom stereocenters. The lowest BCUT2D eigenvalue weighted by atomic mass is 9.99.